The zero-order chi connectivity index (χ0) is 25.0. The molecule has 0 bridgehead atoms. The Balaban J connectivity index is 1.55. The van der Waals surface area contributed by atoms with Gasteiger partial charge in [0.25, 0.3) is 0 Å². The summed E-state index contributed by atoms with van der Waals surface area (Å²) in [4.78, 5) is 18.1. The average molecular weight is 507 g/mol. The van der Waals surface area contributed by atoms with Crippen LogP contribution in [0.3, 0.4) is 0 Å². The third-order valence-corrected chi connectivity index (χ3v) is 7.76. The van der Waals surface area contributed by atoms with Crippen LogP contribution in [0.15, 0.2) is 41.3 Å². The summed E-state index contributed by atoms with van der Waals surface area (Å²) >= 11 is 1.75. The summed E-state index contributed by atoms with van der Waals surface area (Å²) in [6.07, 6.45) is -3.24. The molecule has 188 valence electrons. The van der Waals surface area contributed by atoms with Crippen molar-refractivity contribution in [3.63, 3.8) is 0 Å². The molecule has 0 saturated carbocycles. The van der Waals surface area contributed by atoms with Gasteiger partial charge in [0.1, 0.15) is 11.4 Å². The molecule has 0 aliphatic carbocycles. The molecule has 1 amide bonds. The maximum Gasteiger partial charge on any atom is 0.573 e. The van der Waals surface area contributed by atoms with Crippen LogP contribution in [-0.4, -0.2) is 54.4 Å². The number of hydrogen-bond donors (Lipinski definition) is 0. The van der Waals surface area contributed by atoms with E-state index in [9.17, 15) is 18.0 Å². The maximum atomic E-state index is 13.1. The normalized spacial score (nSPS) is 21.8. The molecule has 2 aromatic rings. The Morgan fingerprint density at radius 1 is 1.11 bits per heavy atom. The number of ether oxygens (including phenoxy) is 2. The standard InChI is InChI=1S/C26H29F3N2O3S/c1-25(2,3)34-24(32)30-11-9-20-19(15-30)18-13-16(14-22-23(18)31(20)10-6-12-35-22)17-7-4-5-8-21(17)33-26(27,28)29/h4-5,7-8,13-14,19-20H,6,9-12,15H2,1-3H3/t19-,20-/m0/s1. The van der Waals surface area contributed by atoms with E-state index in [-0.39, 0.29) is 23.8 Å². The molecule has 5 nitrogen and oxygen atoms in total. The minimum absolute atomic E-state index is 0.0689. The molecular weight excluding hydrogens is 477 g/mol. The number of carbonyl (C=O) groups excluding carboxylic acids is 1. The van der Waals surface area contributed by atoms with Gasteiger partial charge >= 0.3 is 12.5 Å². The van der Waals surface area contributed by atoms with Gasteiger partial charge in [-0.05, 0) is 68.7 Å². The van der Waals surface area contributed by atoms with E-state index >= 15 is 0 Å². The van der Waals surface area contributed by atoms with Gasteiger partial charge in [-0.25, -0.2) is 4.79 Å². The Morgan fingerprint density at radius 2 is 1.89 bits per heavy atom. The van der Waals surface area contributed by atoms with Crippen LogP contribution in [0.2, 0.25) is 0 Å². The zero-order valence-corrected chi connectivity index (χ0v) is 20.8. The Morgan fingerprint density at radius 3 is 2.63 bits per heavy atom. The van der Waals surface area contributed by atoms with Crippen molar-refractivity contribution in [1.82, 2.24) is 4.90 Å². The van der Waals surface area contributed by atoms with Crippen molar-refractivity contribution in [2.45, 2.75) is 62.4 Å². The first kappa shape index (κ1) is 24.2. The van der Waals surface area contributed by atoms with Gasteiger partial charge in [-0.1, -0.05) is 18.2 Å². The molecule has 5 rings (SSSR count). The number of amides is 1. The van der Waals surface area contributed by atoms with E-state index in [0.717, 1.165) is 35.6 Å². The lowest BCUT2D eigenvalue weighted by molar-refractivity contribution is -0.274. The van der Waals surface area contributed by atoms with E-state index in [2.05, 4.69) is 9.64 Å². The van der Waals surface area contributed by atoms with E-state index in [4.69, 9.17) is 4.74 Å². The number of benzene rings is 2. The van der Waals surface area contributed by atoms with Crippen molar-refractivity contribution >= 4 is 23.5 Å². The lowest BCUT2D eigenvalue weighted by Crippen LogP contribution is -2.49. The minimum atomic E-state index is -4.77. The van der Waals surface area contributed by atoms with E-state index in [1.54, 1.807) is 34.9 Å². The summed E-state index contributed by atoms with van der Waals surface area (Å²) in [5, 5.41) is 0. The second kappa shape index (κ2) is 8.84. The molecule has 3 aliphatic rings. The first-order valence-electron chi connectivity index (χ1n) is 11.9. The summed E-state index contributed by atoms with van der Waals surface area (Å²) in [6.45, 7) is 7.65. The van der Waals surface area contributed by atoms with Crippen LogP contribution >= 0.6 is 11.8 Å². The minimum Gasteiger partial charge on any atom is -0.444 e. The number of carbonyl (C=O) groups is 1. The average Bonchev–Trinajstić information content (AvgIpc) is 2.92. The summed E-state index contributed by atoms with van der Waals surface area (Å²) < 4.78 is 49.3. The molecule has 0 unspecified atom stereocenters. The molecule has 3 heterocycles. The maximum absolute atomic E-state index is 13.1. The number of halogens is 3. The van der Waals surface area contributed by atoms with Gasteiger partial charge in [0.15, 0.2) is 0 Å². The summed E-state index contributed by atoms with van der Waals surface area (Å²) in [5.41, 5.74) is 2.79. The monoisotopic (exact) mass is 506 g/mol. The van der Waals surface area contributed by atoms with Crippen LogP contribution < -0.4 is 9.64 Å². The van der Waals surface area contributed by atoms with E-state index < -0.39 is 12.0 Å². The van der Waals surface area contributed by atoms with Crippen molar-refractivity contribution in [3.05, 3.63) is 42.0 Å². The van der Waals surface area contributed by atoms with Gasteiger partial charge in [-0.2, -0.15) is 0 Å². The number of thioether (sulfide) groups is 1. The molecule has 9 heteroatoms. The highest BCUT2D eigenvalue weighted by molar-refractivity contribution is 7.99. The van der Waals surface area contributed by atoms with Crippen LogP contribution in [-0.2, 0) is 4.74 Å². The number of piperidine rings is 1. The smallest absolute Gasteiger partial charge is 0.444 e. The topological polar surface area (TPSA) is 42.0 Å². The highest BCUT2D eigenvalue weighted by Crippen LogP contribution is 2.52. The molecular formula is C26H29F3N2O3S. The Hall–Kier alpha value is -2.55. The van der Waals surface area contributed by atoms with Crippen molar-refractivity contribution < 1.29 is 27.4 Å². The first-order valence-corrected chi connectivity index (χ1v) is 12.9. The van der Waals surface area contributed by atoms with E-state index in [1.165, 1.54) is 11.8 Å². The van der Waals surface area contributed by atoms with Crippen LogP contribution in [0, 0.1) is 0 Å². The van der Waals surface area contributed by atoms with Crippen molar-refractivity contribution in [3.8, 4) is 16.9 Å². The highest BCUT2D eigenvalue weighted by atomic mass is 32.2. The molecule has 35 heavy (non-hydrogen) atoms. The van der Waals surface area contributed by atoms with Gasteiger partial charge in [0.2, 0.25) is 0 Å². The van der Waals surface area contributed by atoms with Crippen LogP contribution in [0.4, 0.5) is 23.7 Å². The molecule has 2 atom stereocenters. The predicted octanol–water partition coefficient (Wildman–Crippen LogP) is 6.66. The number of alkyl halides is 3. The molecule has 0 aromatic heterocycles. The van der Waals surface area contributed by atoms with Gasteiger partial charge in [-0.3, -0.25) is 0 Å². The van der Waals surface area contributed by atoms with E-state index in [1.807, 2.05) is 32.9 Å². The lowest BCUT2D eigenvalue weighted by atomic mass is 9.87. The largest absolute Gasteiger partial charge is 0.573 e. The number of para-hydroxylation sites is 1. The molecule has 0 N–H and O–H groups in total. The van der Waals surface area contributed by atoms with Crippen LogP contribution in [0.25, 0.3) is 11.1 Å². The first-order chi connectivity index (χ1) is 16.5. The summed E-state index contributed by atoms with van der Waals surface area (Å²) in [7, 11) is 0. The molecule has 2 aromatic carbocycles. The van der Waals surface area contributed by atoms with Gasteiger partial charge in [0, 0.05) is 42.1 Å². The van der Waals surface area contributed by atoms with Crippen LogP contribution in [0.1, 0.15) is 45.1 Å². The third-order valence-electron chi connectivity index (χ3n) is 6.64. The number of fused-ring (bicyclic) bond motifs is 3. The summed E-state index contributed by atoms with van der Waals surface area (Å²) in [5.74, 6) is 0.810. The van der Waals surface area contributed by atoms with Crippen molar-refractivity contribution in [2.75, 3.05) is 30.3 Å². The Labute approximate surface area is 207 Å². The van der Waals surface area contributed by atoms with E-state index in [0.29, 0.717) is 24.2 Å². The fourth-order valence-corrected chi connectivity index (χ4v) is 6.45. The highest BCUT2D eigenvalue weighted by Gasteiger charge is 2.45. The quantitative estimate of drug-likeness (QED) is 0.456. The number of rotatable bonds is 2. The second-order valence-electron chi connectivity index (χ2n) is 10.2. The predicted molar refractivity (Wildman–Crippen MR) is 130 cm³/mol. The molecule has 1 fully saturated rings. The number of hydrogen-bond acceptors (Lipinski definition) is 5. The molecule has 1 saturated heterocycles. The molecule has 0 radical (unpaired) electrons. The van der Waals surface area contributed by atoms with Gasteiger partial charge in [0.05, 0.1) is 5.69 Å². The fraction of sp³-hybridized carbons (Fsp3) is 0.500. The second-order valence-corrected chi connectivity index (χ2v) is 11.4. The number of likely N-dealkylation sites (tertiary alicyclic amines) is 1. The Bertz CT molecular complexity index is 1130. The van der Waals surface area contributed by atoms with Crippen molar-refractivity contribution in [1.29, 1.82) is 0 Å². The molecule has 0 spiro atoms. The lowest BCUT2D eigenvalue weighted by Gasteiger charge is -2.39. The van der Waals surface area contributed by atoms with Crippen LogP contribution in [0.5, 0.6) is 5.75 Å². The Kier molecular flexibility index (Phi) is 6.10. The zero-order valence-electron chi connectivity index (χ0n) is 20.0. The molecule has 3 aliphatic heterocycles. The fourth-order valence-electron chi connectivity index (χ4n) is 5.37. The SMILES string of the molecule is CC(C)(C)OC(=O)N1CC[C@H]2[C@@H](C1)c1cc(-c3ccccc3OC(F)(F)F)cc3c1N2CCCS3. The third kappa shape index (κ3) is 4.92. The number of anilines is 1. The van der Waals surface area contributed by atoms with Crippen molar-refractivity contribution in [2.24, 2.45) is 0 Å². The number of nitrogens with zero attached hydrogens (tertiary/aromatic N) is 2. The van der Waals surface area contributed by atoms with Gasteiger partial charge < -0.3 is 19.3 Å². The van der Waals surface area contributed by atoms with Gasteiger partial charge in [-0.15, -0.1) is 24.9 Å². The summed E-state index contributed by atoms with van der Waals surface area (Å²) in [6, 6.07) is 10.5.